The van der Waals surface area contributed by atoms with Gasteiger partial charge in [-0.05, 0) is 39.1 Å². The largest absolute Gasteiger partial charge is 0.486 e. The summed E-state index contributed by atoms with van der Waals surface area (Å²) in [5.74, 6) is 1.54. The minimum absolute atomic E-state index is 0.201. The Bertz CT molecular complexity index is 680. The molecule has 0 spiro atoms. The topological polar surface area (TPSA) is 83.1 Å². The van der Waals surface area contributed by atoms with E-state index in [1.54, 1.807) is 18.2 Å². The molecule has 8 nitrogen and oxygen atoms in total. The number of carbonyl (C=O) groups excluding carboxylic acids is 2. The van der Waals surface area contributed by atoms with E-state index < -0.39 is 0 Å². The van der Waals surface area contributed by atoms with Crippen molar-refractivity contribution < 1.29 is 19.1 Å². The number of urea groups is 1. The second-order valence-electron chi connectivity index (χ2n) is 7.11. The first-order chi connectivity index (χ1) is 13.0. The van der Waals surface area contributed by atoms with Crippen LogP contribution in [0.5, 0.6) is 11.5 Å². The summed E-state index contributed by atoms with van der Waals surface area (Å²) in [6, 6.07) is 5.26. The number of nitrogens with one attached hydrogen (secondary N) is 2. The zero-order valence-electron chi connectivity index (χ0n) is 16.0. The first-order valence-corrected chi connectivity index (χ1v) is 9.41. The number of rotatable bonds is 7. The van der Waals surface area contributed by atoms with Gasteiger partial charge in [0.1, 0.15) is 13.2 Å². The van der Waals surface area contributed by atoms with Crippen molar-refractivity contribution in [1.29, 1.82) is 0 Å². The van der Waals surface area contributed by atoms with Crippen LogP contribution >= 0.6 is 0 Å². The van der Waals surface area contributed by atoms with Gasteiger partial charge in [-0.15, -0.1) is 0 Å². The van der Waals surface area contributed by atoms with Crippen LogP contribution in [0.4, 0.5) is 10.5 Å². The van der Waals surface area contributed by atoms with Crippen LogP contribution in [0.3, 0.4) is 0 Å². The molecular weight excluding hydrogens is 348 g/mol. The van der Waals surface area contributed by atoms with Gasteiger partial charge in [-0.1, -0.05) is 0 Å². The molecule has 0 aromatic heterocycles. The second-order valence-corrected chi connectivity index (χ2v) is 7.11. The number of anilines is 1. The van der Waals surface area contributed by atoms with Gasteiger partial charge in [0.15, 0.2) is 11.5 Å². The Morgan fingerprint density at radius 2 is 2.04 bits per heavy atom. The van der Waals surface area contributed by atoms with Gasteiger partial charge in [0.05, 0.1) is 0 Å². The summed E-state index contributed by atoms with van der Waals surface area (Å²) in [7, 11) is 4.00. The number of likely N-dealkylation sites (N-methyl/N-ethyl adjacent to an activating group) is 1. The first-order valence-electron chi connectivity index (χ1n) is 9.41. The lowest BCUT2D eigenvalue weighted by Gasteiger charge is -2.26. The van der Waals surface area contributed by atoms with E-state index in [1.165, 1.54) is 0 Å². The van der Waals surface area contributed by atoms with Crippen molar-refractivity contribution >= 4 is 17.6 Å². The molecule has 0 radical (unpaired) electrons. The molecule has 1 fully saturated rings. The van der Waals surface area contributed by atoms with Crippen LogP contribution in [0, 0.1) is 0 Å². The summed E-state index contributed by atoms with van der Waals surface area (Å²) in [5, 5.41) is 5.67. The molecule has 2 aliphatic rings. The highest BCUT2D eigenvalue weighted by molar-refractivity contribution is 5.89. The summed E-state index contributed by atoms with van der Waals surface area (Å²) in [6.07, 6.45) is 2.22. The smallest absolute Gasteiger partial charge is 0.319 e. The van der Waals surface area contributed by atoms with Crippen molar-refractivity contribution in [3.63, 3.8) is 0 Å². The number of ether oxygens (including phenoxy) is 2. The van der Waals surface area contributed by atoms with Gasteiger partial charge < -0.3 is 29.9 Å². The summed E-state index contributed by atoms with van der Waals surface area (Å²) in [4.78, 5) is 28.2. The molecule has 2 aliphatic heterocycles. The van der Waals surface area contributed by atoms with Crippen LogP contribution < -0.4 is 20.1 Å². The quantitative estimate of drug-likeness (QED) is 0.754. The van der Waals surface area contributed by atoms with E-state index in [4.69, 9.17) is 9.47 Å². The number of benzene rings is 1. The van der Waals surface area contributed by atoms with Crippen LogP contribution in [0.15, 0.2) is 18.2 Å². The highest BCUT2D eigenvalue weighted by atomic mass is 16.6. The van der Waals surface area contributed by atoms with Gasteiger partial charge in [-0.3, -0.25) is 4.79 Å². The maximum atomic E-state index is 12.1. The number of carbonyl (C=O) groups is 2. The fourth-order valence-electron chi connectivity index (χ4n) is 3.36. The fraction of sp³-hybridized carbons (Fsp3) is 0.579. The van der Waals surface area contributed by atoms with Crippen LogP contribution in [0.25, 0.3) is 0 Å². The number of likely N-dealkylation sites (tertiary alicyclic amines) is 1. The van der Waals surface area contributed by atoms with Crippen molar-refractivity contribution in [1.82, 2.24) is 15.1 Å². The van der Waals surface area contributed by atoms with Crippen molar-refractivity contribution in [2.45, 2.75) is 25.3 Å². The average Bonchev–Trinajstić information content (AvgIpc) is 2.99. The third-order valence-corrected chi connectivity index (χ3v) is 4.80. The lowest BCUT2D eigenvalue weighted by atomic mass is 10.1. The second kappa shape index (κ2) is 8.94. The molecule has 1 unspecified atom stereocenters. The number of hydrogen-bond donors (Lipinski definition) is 2. The molecule has 1 atom stereocenters. The van der Waals surface area contributed by atoms with Gasteiger partial charge in [0, 0.05) is 43.9 Å². The van der Waals surface area contributed by atoms with Crippen molar-refractivity contribution in [2.75, 3.05) is 52.3 Å². The summed E-state index contributed by atoms with van der Waals surface area (Å²) in [6.45, 7) is 3.15. The Morgan fingerprint density at radius 1 is 1.26 bits per heavy atom. The molecule has 27 heavy (non-hydrogen) atoms. The van der Waals surface area contributed by atoms with E-state index in [0.717, 1.165) is 25.9 Å². The molecule has 1 aromatic rings. The zero-order chi connectivity index (χ0) is 19.2. The van der Waals surface area contributed by atoms with Crippen molar-refractivity contribution in [3.8, 4) is 11.5 Å². The molecule has 1 saturated heterocycles. The summed E-state index contributed by atoms with van der Waals surface area (Å²) < 4.78 is 11.0. The Labute approximate surface area is 159 Å². The molecule has 0 bridgehead atoms. The van der Waals surface area contributed by atoms with Crippen LogP contribution in [0.2, 0.25) is 0 Å². The third-order valence-electron chi connectivity index (χ3n) is 4.80. The number of fused-ring (bicyclic) bond motifs is 1. The van der Waals surface area contributed by atoms with Crippen molar-refractivity contribution in [3.05, 3.63) is 18.2 Å². The molecule has 2 heterocycles. The molecule has 1 aromatic carbocycles. The minimum Gasteiger partial charge on any atom is -0.486 e. The Kier molecular flexibility index (Phi) is 6.39. The Balaban J connectivity index is 1.43. The van der Waals surface area contributed by atoms with Crippen molar-refractivity contribution in [2.24, 2.45) is 0 Å². The molecule has 0 saturated carbocycles. The maximum Gasteiger partial charge on any atom is 0.319 e. The van der Waals surface area contributed by atoms with E-state index >= 15 is 0 Å². The number of amides is 3. The van der Waals surface area contributed by atoms with Gasteiger partial charge in [-0.2, -0.15) is 0 Å². The van der Waals surface area contributed by atoms with E-state index in [2.05, 4.69) is 15.5 Å². The Hall–Kier alpha value is -2.48. The van der Waals surface area contributed by atoms with Crippen LogP contribution in [-0.2, 0) is 4.79 Å². The average molecular weight is 376 g/mol. The predicted molar refractivity (Wildman–Crippen MR) is 102 cm³/mol. The molecular formula is C19H28N4O4. The lowest BCUT2D eigenvalue weighted by molar-refractivity contribution is -0.129. The monoisotopic (exact) mass is 376 g/mol. The predicted octanol–water partition coefficient (Wildman–Crippen LogP) is 1.52. The number of nitrogens with zero attached hydrogens (tertiary/aromatic N) is 2. The molecule has 2 N–H and O–H groups in total. The third kappa shape index (κ3) is 5.26. The minimum atomic E-state index is -0.268. The lowest BCUT2D eigenvalue weighted by Crippen LogP contribution is -2.40. The van der Waals surface area contributed by atoms with E-state index in [-0.39, 0.29) is 18.0 Å². The van der Waals surface area contributed by atoms with Crippen LogP contribution in [-0.4, -0.2) is 74.7 Å². The molecule has 0 aliphatic carbocycles. The number of hydrogen-bond acceptors (Lipinski definition) is 5. The van der Waals surface area contributed by atoms with Crippen LogP contribution in [0.1, 0.15) is 19.3 Å². The van der Waals surface area contributed by atoms with E-state index in [9.17, 15) is 9.59 Å². The maximum absolute atomic E-state index is 12.1. The summed E-state index contributed by atoms with van der Waals surface area (Å²) >= 11 is 0. The fourth-order valence-corrected chi connectivity index (χ4v) is 3.36. The molecule has 148 valence electrons. The standard InChI is InChI=1S/C19H28N4O4/c1-22(2)9-10-23-15(4-6-18(23)24)7-8-20-19(25)21-14-3-5-16-17(13-14)27-12-11-26-16/h3,5,13,15H,4,6-12H2,1-2H3,(H2,20,21,25). The van der Waals surface area contributed by atoms with Gasteiger partial charge in [0.2, 0.25) is 5.91 Å². The molecule has 8 heteroatoms. The highest BCUT2D eigenvalue weighted by Crippen LogP contribution is 2.32. The summed E-state index contributed by atoms with van der Waals surface area (Å²) in [5.41, 5.74) is 0.653. The Morgan fingerprint density at radius 3 is 2.81 bits per heavy atom. The zero-order valence-corrected chi connectivity index (χ0v) is 16.0. The molecule has 3 rings (SSSR count). The van der Waals surface area contributed by atoms with E-state index in [0.29, 0.717) is 43.4 Å². The normalized spacial score (nSPS) is 18.7. The SMILES string of the molecule is CN(C)CCN1C(=O)CCC1CCNC(=O)Nc1ccc2c(c1)OCCO2. The van der Waals surface area contributed by atoms with Gasteiger partial charge in [0.25, 0.3) is 0 Å². The first kappa shape index (κ1) is 19.3. The highest BCUT2D eigenvalue weighted by Gasteiger charge is 2.30. The van der Waals surface area contributed by atoms with Gasteiger partial charge in [-0.25, -0.2) is 4.79 Å². The molecule has 3 amide bonds. The van der Waals surface area contributed by atoms with Gasteiger partial charge >= 0.3 is 6.03 Å². The van der Waals surface area contributed by atoms with E-state index in [1.807, 2.05) is 19.0 Å².